The van der Waals surface area contributed by atoms with Crippen LogP contribution >= 0.6 is 0 Å². The van der Waals surface area contributed by atoms with Gasteiger partial charge >= 0.3 is 0 Å². The highest BCUT2D eigenvalue weighted by Gasteiger charge is 1.92. The predicted molar refractivity (Wildman–Crippen MR) is 56.1 cm³/mol. The Hall–Kier alpha value is -2.10. The van der Waals surface area contributed by atoms with Crippen molar-refractivity contribution in [3.8, 4) is 0 Å². The van der Waals surface area contributed by atoms with E-state index in [-0.39, 0.29) is 0 Å². The van der Waals surface area contributed by atoms with Gasteiger partial charge in [-0.1, -0.05) is 30.3 Å². The van der Waals surface area contributed by atoms with Gasteiger partial charge in [-0.05, 0) is 5.56 Å². The first-order valence-corrected chi connectivity index (χ1v) is 4.24. The Labute approximate surface area is 81.7 Å². The molecule has 0 aliphatic rings. The number of imidazole rings is 1. The van der Waals surface area contributed by atoms with Crippen molar-refractivity contribution in [2.75, 3.05) is 5.73 Å². The van der Waals surface area contributed by atoms with Gasteiger partial charge in [-0.2, -0.15) is 5.10 Å². The summed E-state index contributed by atoms with van der Waals surface area (Å²) >= 11 is 0. The van der Waals surface area contributed by atoms with Gasteiger partial charge in [0.1, 0.15) is 0 Å². The van der Waals surface area contributed by atoms with Crippen molar-refractivity contribution >= 4 is 12.2 Å². The Bertz CT molecular complexity index is 430. The van der Waals surface area contributed by atoms with Crippen LogP contribution in [-0.4, -0.2) is 15.9 Å². The molecule has 0 spiro atoms. The molecule has 4 nitrogen and oxygen atoms in total. The van der Waals surface area contributed by atoms with Crippen LogP contribution in [0.25, 0.3) is 0 Å². The molecule has 0 saturated carbocycles. The van der Waals surface area contributed by atoms with E-state index in [1.165, 1.54) is 4.68 Å². The first kappa shape index (κ1) is 8.50. The number of rotatable bonds is 2. The summed E-state index contributed by atoms with van der Waals surface area (Å²) < 4.78 is 1.52. The molecule has 0 fully saturated rings. The molecule has 14 heavy (non-hydrogen) atoms. The molecule has 2 rings (SSSR count). The van der Waals surface area contributed by atoms with Crippen LogP contribution < -0.4 is 5.73 Å². The minimum atomic E-state index is 0.386. The lowest BCUT2D eigenvalue weighted by atomic mass is 10.2. The van der Waals surface area contributed by atoms with Crippen LogP contribution in [0, 0.1) is 0 Å². The van der Waals surface area contributed by atoms with Gasteiger partial charge in [0.2, 0.25) is 5.95 Å². The lowest BCUT2D eigenvalue weighted by Gasteiger charge is -1.94. The molecule has 2 N–H and O–H groups in total. The van der Waals surface area contributed by atoms with Gasteiger partial charge in [0.15, 0.2) is 0 Å². The number of nitrogen functional groups attached to an aromatic ring is 1. The van der Waals surface area contributed by atoms with Crippen molar-refractivity contribution in [2.24, 2.45) is 5.10 Å². The van der Waals surface area contributed by atoms with Crippen molar-refractivity contribution in [1.29, 1.82) is 0 Å². The zero-order valence-corrected chi connectivity index (χ0v) is 7.54. The Morgan fingerprint density at radius 3 is 2.71 bits per heavy atom. The number of aromatic nitrogens is 2. The molecule has 2 aromatic rings. The molecule has 1 heterocycles. The molecule has 0 aliphatic carbocycles. The van der Waals surface area contributed by atoms with Crippen LogP contribution in [0.5, 0.6) is 0 Å². The monoisotopic (exact) mass is 186 g/mol. The van der Waals surface area contributed by atoms with Gasteiger partial charge in [0, 0.05) is 6.20 Å². The average Bonchev–Trinajstić information content (AvgIpc) is 2.63. The second-order valence-corrected chi connectivity index (χ2v) is 2.79. The van der Waals surface area contributed by atoms with Crippen molar-refractivity contribution in [1.82, 2.24) is 9.66 Å². The number of hydrogen-bond acceptors (Lipinski definition) is 3. The summed E-state index contributed by atoms with van der Waals surface area (Å²) in [5.74, 6) is 0.386. The van der Waals surface area contributed by atoms with Gasteiger partial charge in [-0.25, -0.2) is 9.66 Å². The number of nitrogens with two attached hydrogens (primary N) is 1. The smallest absolute Gasteiger partial charge is 0.221 e. The van der Waals surface area contributed by atoms with Crippen LogP contribution in [0.15, 0.2) is 47.8 Å². The highest BCUT2D eigenvalue weighted by molar-refractivity contribution is 5.79. The SMILES string of the molecule is Nc1nccn1N=Cc1ccccc1. The minimum absolute atomic E-state index is 0.386. The quantitative estimate of drug-likeness (QED) is 0.720. The molecule has 4 heteroatoms. The molecule has 0 saturated heterocycles. The highest BCUT2D eigenvalue weighted by Crippen LogP contribution is 1.99. The third-order valence-electron chi connectivity index (χ3n) is 1.78. The van der Waals surface area contributed by atoms with Crippen LogP contribution in [0.1, 0.15) is 5.56 Å². The first-order valence-electron chi connectivity index (χ1n) is 4.24. The van der Waals surface area contributed by atoms with Crippen molar-refractivity contribution in [3.05, 3.63) is 48.3 Å². The van der Waals surface area contributed by atoms with Crippen LogP contribution in [0.2, 0.25) is 0 Å². The Morgan fingerprint density at radius 1 is 1.29 bits per heavy atom. The summed E-state index contributed by atoms with van der Waals surface area (Å²) in [7, 11) is 0. The van der Waals surface area contributed by atoms with Gasteiger partial charge < -0.3 is 5.73 Å². The molecule has 1 aromatic heterocycles. The molecule has 0 amide bonds. The maximum absolute atomic E-state index is 5.54. The zero-order chi connectivity index (χ0) is 9.80. The first-order chi connectivity index (χ1) is 6.86. The van der Waals surface area contributed by atoms with E-state index in [1.54, 1.807) is 18.6 Å². The fourth-order valence-electron chi connectivity index (χ4n) is 1.07. The van der Waals surface area contributed by atoms with Gasteiger partial charge in [-0.3, -0.25) is 0 Å². The van der Waals surface area contributed by atoms with Crippen LogP contribution in [0.4, 0.5) is 5.95 Å². The van der Waals surface area contributed by atoms with E-state index >= 15 is 0 Å². The molecular formula is C10H10N4. The summed E-state index contributed by atoms with van der Waals surface area (Å²) in [6.07, 6.45) is 5.05. The zero-order valence-electron chi connectivity index (χ0n) is 7.54. The normalized spacial score (nSPS) is 10.9. The third-order valence-corrected chi connectivity index (χ3v) is 1.78. The maximum Gasteiger partial charge on any atom is 0.221 e. The van der Waals surface area contributed by atoms with Gasteiger partial charge in [-0.15, -0.1) is 0 Å². The second-order valence-electron chi connectivity index (χ2n) is 2.79. The molecule has 1 aromatic carbocycles. The van der Waals surface area contributed by atoms with E-state index in [0.717, 1.165) is 5.56 Å². The number of anilines is 1. The summed E-state index contributed by atoms with van der Waals surface area (Å²) in [5, 5.41) is 4.14. The fraction of sp³-hybridized carbons (Fsp3) is 0. The van der Waals surface area contributed by atoms with E-state index < -0.39 is 0 Å². The standard InChI is InChI=1S/C10H10N4/c11-10-12-6-7-14(10)13-8-9-4-2-1-3-5-9/h1-8H,(H2,11,12). The Kier molecular flexibility index (Phi) is 2.27. The van der Waals surface area contributed by atoms with Crippen molar-refractivity contribution in [2.45, 2.75) is 0 Å². The van der Waals surface area contributed by atoms with E-state index in [2.05, 4.69) is 10.1 Å². The van der Waals surface area contributed by atoms with Crippen LogP contribution in [0.3, 0.4) is 0 Å². The van der Waals surface area contributed by atoms with E-state index in [4.69, 9.17) is 5.73 Å². The molecule has 0 atom stereocenters. The lowest BCUT2D eigenvalue weighted by molar-refractivity contribution is 0.898. The maximum atomic E-state index is 5.54. The number of nitrogens with zero attached hydrogens (tertiary/aromatic N) is 3. The molecule has 0 aliphatic heterocycles. The average molecular weight is 186 g/mol. The predicted octanol–water partition coefficient (Wildman–Crippen LogP) is 1.35. The van der Waals surface area contributed by atoms with Crippen molar-refractivity contribution in [3.63, 3.8) is 0 Å². The van der Waals surface area contributed by atoms with Crippen molar-refractivity contribution < 1.29 is 0 Å². The highest BCUT2D eigenvalue weighted by atomic mass is 15.4. The summed E-state index contributed by atoms with van der Waals surface area (Å²) in [6.45, 7) is 0. The summed E-state index contributed by atoms with van der Waals surface area (Å²) in [5.41, 5.74) is 6.57. The van der Waals surface area contributed by atoms with E-state index in [0.29, 0.717) is 5.95 Å². The molecule has 0 radical (unpaired) electrons. The summed E-state index contributed by atoms with van der Waals surface area (Å²) in [6, 6.07) is 9.81. The Morgan fingerprint density at radius 2 is 2.07 bits per heavy atom. The molecular weight excluding hydrogens is 176 g/mol. The number of benzene rings is 1. The second kappa shape index (κ2) is 3.74. The van der Waals surface area contributed by atoms with Gasteiger partial charge in [0.05, 0.1) is 12.4 Å². The lowest BCUT2D eigenvalue weighted by Crippen LogP contribution is -1.96. The topological polar surface area (TPSA) is 56.2 Å². The van der Waals surface area contributed by atoms with Crippen LogP contribution in [-0.2, 0) is 0 Å². The summed E-state index contributed by atoms with van der Waals surface area (Å²) in [4.78, 5) is 3.86. The molecule has 0 bridgehead atoms. The molecule has 0 unspecified atom stereocenters. The molecule has 70 valence electrons. The largest absolute Gasteiger partial charge is 0.368 e. The van der Waals surface area contributed by atoms with E-state index in [9.17, 15) is 0 Å². The van der Waals surface area contributed by atoms with Gasteiger partial charge in [0.25, 0.3) is 0 Å². The number of hydrogen-bond donors (Lipinski definition) is 1. The minimum Gasteiger partial charge on any atom is -0.368 e. The third kappa shape index (κ3) is 1.80. The Balaban J connectivity index is 2.20. The fourth-order valence-corrected chi connectivity index (χ4v) is 1.07. The van der Waals surface area contributed by atoms with E-state index in [1.807, 2.05) is 30.3 Å².